The fourth-order valence-corrected chi connectivity index (χ4v) is 5.07. The molecule has 10 heteroatoms. The minimum absolute atomic E-state index is 0.0533. The number of hydrogen-bond acceptors (Lipinski definition) is 9. The van der Waals surface area contributed by atoms with E-state index < -0.39 is 5.41 Å². The van der Waals surface area contributed by atoms with Crippen LogP contribution in [0.3, 0.4) is 0 Å². The van der Waals surface area contributed by atoms with E-state index >= 15 is 0 Å². The normalized spacial score (nSPS) is 15.8. The van der Waals surface area contributed by atoms with Gasteiger partial charge in [-0.25, -0.2) is 14.2 Å². The second-order valence-electron chi connectivity index (χ2n) is 9.96. The zero-order valence-corrected chi connectivity index (χ0v) is 22.1. The molecule has 0 aromatic carbocycles. The third kappa shape index (κ3) is 5.76. The number of nitrogens with zero attached hydrogens (tertiary/aromatic N) is 6. The number of ether oxygens (including phenoxy) is 1. The summed E-state index contributed by atoms with van der Waals surface area (Å²) >= 11 is 2.69. The van der Waals surface area contributed by atoms with Gasteiger partial charge < -0.3 is 9.64 Å². The molecule has 0 atom stereocenters. The summed E-state index contributed by atoms with van der Waals surface area (Å²) in [4.78, 5) is 23.1. The molecular formula is C23H32N6O2S2. The fraction of sp³-hybridized carbons (Fsp3) is 0.652. The second kappa shape index (κ2) is 9.85. The standard InChI is InChI=1S/C23H32N6O2S2/c1-9-23(6,7)20(30)31-15-10-12-29(13-11-15)21-25-17(22(3,4)5)19(32-21)27-26-18-16(24-8)14(2)28-33-18/h15H,9-13H2,1-7H3. The van der Waals surface area contributed by atoms with Crippen molar-refractivity contribution in [2.45, 2.75) is 79.2 Å². The van der Waals surface area contributed by atoms with Crippen LogP contribution in [-0.2, 0) is 14.9 Å². The van der Waals surface area contributed by atoms with E-state index in [1.54, 1.807) is 6.92 Å². The number of azo groups is 1. The number of rotatable bonds is 6. The fourth-order valence-electron chi connectivity index (χ4n) is 3.25. The first-order valence-corrected chi connectivity index (χ1v) is 12.8. The molecule has 1 saturated heterocycles. The van der Waals surface area contributed by atoms with Gasteiger partial charge in [0.1, 0.15) is 6.10 Å². The van der Waals surface area contributed by atoms with E-state index in [-0.39, 0.29) is 17.5 Å². The smallest absolute Gasteiger partial charge is 0.311 e. The summed E-state index contributed by atoms with van der Waals surface area (Å²) in [6, 6.07) is 0. The average Bonchev–Trinajstić information content (AvgIpc) is 3.35. The van der Waals surface area contributed by atoms with Crippen molar-refractivity contribution in [3.05, 3.63) is 22.8 Å². The molecule has 0 radical (unpaired) electrons. The Kier molecular flexibility index (Phi) is 7.54. The van der Waals surface area contributed by atoms with Crippen molar-refractivity contribution >= 4 is 49.7 Å². The number of piperidine rings is 1. The molecule has 1 fully saturated rings. The lowest BCUT2D eigenvalue weighted by molar-refractivity contribution is -0.160. The van der Waals surface area contributed by atoms with E-state index in [9.17, 15) is 4.79 Å². The van der Waals surface area contributed by atoms with E-state index in [0.717, 1.165) is 48.2 Å². The Bertz CT molecular complexity index is 1070. The first kappa shape index (κ1) is 25.2. The SMILES string of the molecule is [C-]#[N+]c1c(C)nsc1N=Nc1sc(N2CCC(OC(=O)C(C)(C)CC)CC2)nc1C(C)(C)C. The zero-order chi connectivity index (χ0) is 24.4. The van der Waals surface area contributed by atoms with Crippen molar-refractivity contribution in [1.82, 2.24) is 9.36 Å². The molecule has 0 saturated carbocycles. The topological polar surface area (TPSA) is 84.4 Å². The first-order chi connectivity index (χ1) is 15.5. The Morgan fingerprint density at radius 2 is 1.85 bits per heavy atom. The average molecular weight is 489 g/mol. The molecule has 0 bridgehead atoms. The minimum atomic E-state index is -0.447. The van der Waals surface area contributed by atoms with Crippen LogP contribution in [0.2, 0.25) is 0 Å². The van der Waals surface area contributed by atoms with Crippen molar-refractivity contribution in [1.29, 1.82) is 0 Å². The third-order valence-electron chi connectivity index (χ3n) is 5.89. The van der Waals surface area contributed by atoms with Gasteiger partial charge in [-0.2, -0.15) is 0 Å². The number of thiazole rings is 1. The molecule has 0 unspecified atom stereocenters. The Morgan fingerprint density at radius 1 is 1.21 bits per heavy atom. The van der Waals surface area contributed by atoms with E-state index in [1.165, 1.54) is 22.9 Å². The maximum Gasteiger partial charge on any atom is 0.311 e. The Balaban J connectivity index is 1.75. The summed E-state index contributed by atoms with van der Waals surface area (Å²) < 4.78 is 10.00. The van der Waals surface area contributed by atoms with Crippen LogP contribution < -0.4 is 4.90 Å². The highest BCUT2D eigenvalue weighted by Gasteiger charge is 2.32. The van der Waals surface area contributed by atoms with Gasteiger partial charge >= 0.3 is 5.97 Å². The zero-order valence-electron chi connectivity index (χ0n) is 20.4. The van der Waals surface area contributed by atoms with Crippen LogP contribution in [0.15, 0.2) is 10.2 Å². The second-order valence-corrected chi connectivity index (χ2v) is 11.7. The number of esters is 1. The number of aryl methyl sites for hydroxylation is 1. The number of aromatic nitrogens is 2. The van der Waals surface area contributed by atoms with Gasteiger partial charge in [0.05, 0.1) is 23.4 Å². The summed E-state index contributed by atoms with van der Waals surface area (Å²) in [6.45, 7) is 22.9. The molecular weight excluding hydrogens is 456 g/mol. The summed E-state index contributed by atoms with van der Waals surface area (Å²) in [5.74, 6) is -0.118. The molecule has 178 valence electrons. The molecule has 2 aromatic rings. The van der Waals surface area contributed by atoms with E-state index in [1.807, 2.05) is 20.8 Å². The van der Waals surface area contributed by atoms with E-state index in [2.05, 4.69) is 45.1 Å². The predicted octanol–water partition coefficient (Wildman–Crippen LogP) is 7.12. The highest BCUT2D eigenvalue weighted by Crippen LogP contribution is 2.43. The van der Waals surface area contributed by atoms with Gasteiger partial charge in [-0.1, -0.05) is 39.0 Å². The van der Waals surface area contributed by atoms with Gasteiger partial charge in [0.25, 0.3) is 0 Å². The lowest BCUT2D eigenvalue weighted by Gasteiger charge is -2.33. The number of anilines is 1. The summed E-state index contributed by atoms with van der Waals surface area (Å²) in [5, 5.41) is 11.0. The molecule has 3 heterocycles. The Hall–Kier alpha value is -2.38. The van der Waals surface area contributed by atoms with Crippen molar-refractivity contribution in [2.24, 2.45) is 15.6 Å². The quantitative estimate of drug-likeness (QED) is 0.245. The van der Waals surface area contributed by atoms with Crippen molar-refractivity contribution < 1.29 is 9.53 Å². The van der Waals surface area contributed by atoms with Gasteiger partial charge in [-0.3, -0.25) is 4.79 Å². The molecule has 3 rings (SSSR count). The van der Waals surface area contributed by atoms with E-state index in [4.69, 9.17) is 16.3 Å². The van der Waals surface area contributed by atoms with Crippen LogP contribution in [-0.4, -0.2) is 34.5 Å². The molecule has 0 aliphatic carbocycles. The first-order valence-electron chi connectivity index (χ1n) is 11.2. The van der Waals surface area contributed by atoms with Crippen LogP contribution >= 0.6 is 22.9 Å². The largest absolute Gasteiger partial charge is 0.462 e. The molecule has 2 aromatic heterocycles. The Morgan fingerprint density at radius 3 is 2.42 bits per heavy atom. The lowest BCUT2D eigenvalue weighted by atomic mass is 9.90. The highest BCUT2D eigenvalue weighted by atomic mass is 32.1. The summed E-state index contributed by atoms with van der Waals surface area (Å²) in [7, 11) is 0. The molecule has 0 spiro atoms. The van der Waals surface area contributed by atoms with Crippen LogP contribution in [0.1, 0.15) is 72.2 Å². The van der Waals surface area contributed by atoms with Crippen molar-refractivity contribution in [3.63, 3.8) is 0 Å². The monoisotopic (exact) mass is 488 g/mol. The van der Waals surface area contributed by atoms with Gasteiger partial charge in [0, 0.05) is 31.3 Å². The number of carbonyl (C=O) groups excluding carboxylic acids is 1. The Labute approximate surface area is 204 Å². The van der Waals surface area contributed by atoms with Crippen molar-refractivity contribution in [3.8, 4) is 0 Å². The lowest BCUT2D eigenvalue weighted by Crippen LogP contribution is -2.39. The number of carbonyl (C=O) groups is 1. The van der Waals surface area contributed by atoms with Crippen LogP contribution in [0.5, 0.6) is 0 Å². The van der Waals surface area contributed by atoms with Gasteiger partial charge in [-0.15, -0.1) is 10.2 Å². The molecule has 0 amide bonds. The van der Waals surface area contributed by atoms with Crippen LogP contribution in [0.4, 0.5) is 20.8 Å². The maximum absolute atomic E-state index is 12.4. The summed E-state index contributed by atoms with van der Waals surface area (Å²) in [6.07, 6.45) is 2.26. The molecule has 33 heavy (non-hydrogen) atoms. The van der Waals surface area contributed by atoms with Crippen molar-refractivity contribution in [2.75, 3.05) is 18.0 Å². The molecule has 0 N–H and O–H groups in total. The van der Waals surface area contributed by atoms with Gasteiger partial charge in [0.2, 0.25) is 5.69 Å². The number of hydrogen-bond donors (Lipinski definition) is 0. The van der Waals surface area contributed by atoms with Gasteiger partial charge in [0.15, 0.2) is 15.1 Å². The maximum atomic E-state index is 12.4. The van der Waals surface area contributed by atoms with Crippen LogP contribution in [0, 0.1) is 18.9 Å². The highest BCUT2D eigenvalue weighted by molar-refractivity contribution is 7.19. The molecule has 1 aliphatic heterocycles. The predicted molar refractivity (Wildman–Crippen MR) is 134 cm³/mol. The van der Waals surface area contributed by atoms with Gasteiger partial charge in [-0.05, 0) is 38.7 Å². The molecule has 1 aliphatic rings. The summed E-state index contributed by atoms with van der Waals surface area (Å²) in [5.41, 5.74) is 1.37. The minimum Gasteiger partial charge on any atom is -0.462 e. The molecule has 8 nitrogen and oxygen atoms in total. The van der Waals surface area contributed by atoms with E-state index in [0.29, 0.717) is 16.4 Å². The van der Waals surface area contributed by atoms with Crippen LogP contribution in [0.25, 0.3) is 4.85 Å². The third-order valence-corrected chi connectivity index (χ3v) is 7.70.